The van der Waals surface area contributed by atoms with Crippen LogP contribution in [0.2, 0.25) is 0 Å². The van der Waals surface area contributed by atoms with E-state index in [4.69, 9.17) is 19.8 Å². The van der Waals surface area contributed by atoms with Gasteiger partial charge in [0.1, 0.15) is 0 Å². The van der Waals surface area contributed by atoms with E-state index >= 15 is 0 Å². The molecule has 6 heteroatoms. The molecule has 0 spiro atoms. The van der Waals surface area contributed by atoms with Crippen LogP contribution in [0.4, 0.5) is 0 Å². The Labute approximate surface area is 194 Å². The van der Waals surface area contributed by atoms with Gasteiger partial charge in [-0.25, -0.2) is 0 Å². The fourth-order valence-corrected chi connectivity index (χ4v) is 2.85. The maximum atomic E-state index is 8.89. The van der Waals surface area contributed by atoms with Gasteiger partial charge in [-0.3, -0.25) is 0 Å². The molecule has 5 nitrogen and oxygen atoms in total. The molecule has 29 heavy (non-hydrogen) atoms. The monoisotopic (exact) mass is 507 g/mol. The molecule has 0 aromatic carbocycles. The van der Waals surface area contributed by atoms with Gasteiger partial charge in [-0.05, 0) is 33.9 Å². The summed E-state index contributed by atoms with van der Waals surface area (Å²) >= 11 is 0. The van der Waals surface area contributed by atoms with Crippen LogP contribution in [0, 0.1) is 0 Å². The van der Waals surface area contributed by atoms with E-state index in [2.05, 4.69) is 12.2 Å². The number of rotatable bonds is 17. The quantitative estimate of drug-likeness (QED) is 0.237. The minimum Gasteiger partial charge on any atom is -0.550 e. The minimum absolute atomic E-state index is 0. The summed E-state index contributed by atoms with van der Waals surface area (Å²) in [6.45, 7) is 5.43. The first-order valence-corrected chi connectivity index (χ1v) is 11.4. The molecular formula is C23H47NO4Pd. The molecule has 0 aliphatic carbocycles. The maximum absolute atomic E-state index is 8.89. The van der Waals surface area contributed by atoms with Crippen molar-refractivity contribution in [2.24, 2.45) is 0 Å². The van der Waals surface area contributed by atoms with E-state index in [1.165, 1.54) is 109 Å². The molecule has 0 heterocycles. The molecule has 0 aromatic heterocycles. The summed E-state index contributed by atoms with van der Waals surface area (Å²) in [4.78, 5) is 17.8. The molecule has 0 radical (unpaired) electrons. The number of carboxylic acid groups (broad SMARTS) is 2. The first kappa shape index (κ1) is 36.0. The minimum atomic E-state index is -1.08. The zero-order chi connectivity index (χ0) is 21.9. The van der Waals surface area contributed by atoms with E-state index in [0.717, 1.165) is 13.8 Å². The van der Waals surface area contributed by atoms with Crippen LogP contribution in [0.3, 0.4) is 0 Å². The Morgan fingerprint density at radius 2 is 0.793 bits per heavy atom. The molecule has 0 atom stereocenters. The number of unbranched alkanes of at least 4 members (excludes halogenated alkanes) is 15. The van der Waals surface area contributed by atoms with E-state index in [-0.39, 0.29) is 20.4 Å². The predicted molar refractivity (Wildman–Crippen MR) is 115 cm³/mol. The van der Waals surface area contributed by atoms with Crippen molar-refractivity contribution in [1.29, 1.82) is 0 Å². The summed E-state index contributed by atoms with van der Waals surface area (Å²) < 4.78 is 0. The van der Waals surface area contributed by atoms with Crippen LogP contribution in [0.25, 0.3) is 0 Å². The Hall–Kier alpha value is -0.438. The van der Waals surface area contributed by atoms with Crippen LogP contribution in [0.15, 0.2) is 0 Å². The zero-order valence-electron chi connectivity index (χ0n) is 19.5. The third-order valence-corrected chi connectivity index (χ3v) is 4.28. The number of nitrogens with one attached hydrogen (secondary N) is 1. The molecule has 0 rings (SSSR count). The number of aliphatic carboxylic acids is 2. The van der Waals surface area contributed by atoms with Crippen molar-refractivity contribution in [2.45, 2.75) is 124 Å². The van der Waals surface area contributed by atoms with Crippen LogP contribution < -0.4 is 15.5 Å². The summed E-state index contributed by atoms with van der Waals surface area (Å²) in [6.07, 6.45) is 23.2. The largest absolute Gasteiger partial charge is 2.00 e. The third kappa shape index (κ3) is 65.7. The molecule has 0 saturated carbocycles. The molecule has 0 fully saturated rings. The van der Waals surface area contributed by atoms with E-state index < -0.39 is 11.9 Å². The average molecular weight is 508 g/mol. The summed E-state index contributed by atoms with van der Waals surface area (Å²) in [6, 6.07) is 0. The second-order valence-electron chi connectivity index (χ2n) is 7.39. The van der Waals surface area contributed by atoms with Crippen molar-refractivity contribution >= 4 is 11.9 Å². The van der Waals surface area contributed by atoms with E-state index in [1.54, 1.807) is 0 Å². The standard InChI is InChI=1S/C19H41N.2C2H4O2.Pd/c1-3-4-5-6-7-8-9-10-11-12-13-14-15-16-17-18-19-20-2;2*1-2(3)4;/h20H,3-19H2,1-2H3;2*1H3,(H,3,4);/q;;;+2/p-2. The summed E-state index contributed by atoms with van der Waals surface area (Å²) in [5.41, 5.74) is 0. The van der Waals surface area contributed by atoms with Gasteiger partial charge in [0.15, 0.2) is 0 Å². The van der Waals surface area contributed by atoms with Gasteiger partial charge in [-0.1, -0.05) is 103 Å². The summed E-state index contributed by atoms with van der Waals surface area (Å²) in [5.74, 6) is -2.17. The second kappa shape index (κ2) is 35.0. The van der Waals surface area contributed by atoms with Crippen molar-refractivity contribution in [3.63, 3.8) is 0 Å². The van der Waals surface area contributed by atoms with Gasteiger partial charge in [0.05, 0.1) is 0 Å². The van der Waals surface area contributed by atoms with Crippen LogP contribution in [0.5, 0.6) is 0 Å². The van der Waals surface area contributed by atoms with Crippen molar-refractivity contribution in [1.82, 2.24) is 5.32 Å². The number of hydrogen-bond acceptors (Lipinski definition) is 5. The second-order valence-corrected chi connectivity index (χ2v) is 7.39. The summed E-state index contributed by atoms with van der Waals surface area (Å²) in [5, 5.41) is 21.0. The van der Waals surface area contributed by atoms with Crippen LogP contribution >= 0.6 is 0 Å². The molecule has 0 unspecified atom stereocenters. The fourth-order valence-electron chi connectivity index (χ4n) is 2.85. The maximum Gasteiger partial charge on any atom is 2.00 e. The Bertz CT molecular complexity index is 277. The van der Waals surface area contributed by atoms with Gasteiger partial charge >= 0.3 is 20.4 Å². The van der Waals surface area contributed by atoms with Crippen molar-refractivity contribution in [2.75, 3.05) is 13.6 Å². The molecule has 0 amide bonds. The Balaban J connectivity index is -0.000000294. The van der Waals surface area contributed by atoms with Gasteiger partial charge < -0.3 is 25.1 Å². The third-order valence-electron chi connectivity index (χ3n) is 4.28. The first-order valence-electron chi connectivity index (χ1n) is 11.4. The molecule has 0 aliphatic heterocycles. The van der Waals surface area contributed by atoms with Crippen LogP contribution in [0.1, 0.15) is 124 Å². The molecule has 0 aromatic rings. The van der Waals surface area contributed by atoms with Crippen LogP contribution in [-0.2, 0) is 30.0 Å². The number of carboxylic acids is 2. The molecule has 0 bridgehead atoms. The van der Waals surface area contributed by atoms with Gasteiger partial charge in [-0.2, -0.15) is 0 Å². The average Bonchev–Trinajstić information content (AvgIpc) is 2.60. The van der Waals surface area contributed by atoms with Gasteiger partial charge in [-0.15, -0.1) is 0 Å². The predicted octanol–water partition coefficient (Wildman–Crippen LogP) is 3.98. The van der Waals surface area contributed by atoms with Crippen molar-refractivity contribution in [3.8, 4) is 0 Å². The van der Waals surface area contributed by atoms with Crippen LogP contribution in [-0.4, -0.2) is 25.5 Å². The molecule has 0 aliphatic rings. The Morgan fingerprint density at radius 1 is 0.586 bits per heavy atom. The fraction of sp³-hybridized carbons (Fsp3) is 0.913. The van der Waals surface area contributed by atoms with Crippen molar-refractivity contribution < 1.29 is 40.2 Å². The molecular weight excluding hydrogens is 461 g/mol. The number of carbonyl (C=O) groups is 2. The molecule has 178 valence electrons. The number of carbonyl (C=O) groups excluding carboxylic acids is 2. The van der Waals surface area contributed by atoms with E-state index in [0.29, 0.717) is 0 Å². The zero-order valence-corrected chi connectivity index (χ0v) is 21.0. The van der Waals surface area contributed by atoms with Crippen molar-refractivity contribution in [3.05, 3.63) is 0 Å². The first-order chi connectivity index (χ1) is 13.4. The topological polar surface area (TPSA) is 92.3 Å². The SMILES string of the molecule is CC(=O)[O-].CC(=O)[O-].CCCCCCCCCCCCCCCCCCNC.[Pd+2]. The smallest absolute Gasteiger partial charge is 0.550 e. The van der Waals surface area contributed by atoms with E-state index in [9.17, 15) is 0 Å². The molecule has 0 saturated heterocycles. The summed E-state index contributed by atoms with van der Waals surface area (Å²) in [7, 11) is 2.05. The Kier molecular flexibility index (Phi) is 43.4. The Morgan fingerprint density at radius 3 is 1.00 bits per heavy atom. The van der Waals surface area contributed by atoms with Gasteiger partial charge in [0.25, 0.3) is 0 Å². The van der Waals surface area contributed by atoms with E-state index in [1.807, 2.05) is 7.05 Å². The molecule has 1 N–H and O–H groups in total. The normalized spacial score (nSPS) is 9.38. The van der Waals surface area contributed by atoms with Gasteiger partial charge in [0.2, 0.25) is 0 Å². The number of hydrogen-bond donors (Lipinski definition) is 1. The van der Waals surface area contributed by atoms with Gasteiger partial charge in [0, 0.05) is 11.9 Å².